The van der Waals surface area contributed by atoms with Gasteiger partial charge in [0.1, 0.15) is 6.04 Å². The van der Waals surface area contributed by atoms with Crippen LogP contribution >= 0.6 is 0 Å². The van der Waals surface area contributed by atoms with E-state index in [0.717, 1.165) is 0 Å². The van der Waals surface area contributed by atoms with E-state index in [9.17, 15) is 4.91 Å². The number of hydrogen-bond donors (Lipinski definition) is 1. The molecular formula is C4H8N2O. The third kappa shape index (κ3) is 1.92. The number of nitrogens with zero attached hydrogens (tertiary/aromatic N) is 1. The fourth-order valence-corrected chi connectivity index (χ4v) is 0.0677. The van der Waals surface area contributed by atoms with Crippen LogP contribution in [0.1, 0.15) is 6.92 Å². The van der Waals surface area contributed by atoms with E-state index >= 15 is 0 Å². The van der Waals surface area contributed by atoms with Gasteiger partial charge in [0.25, 0.3) is 0 Å². The van der Waals surface area contributed by atoms with Crippen LogP contribution in [0.2, 0.25) is 0 Å². The van der Waals surface area contributed by atoms with Crippen LogP contribution in [0.5, 0.6) is 0 Å². The first-order valence-electron chi connectivity index (χ1n) is 1.95. The minimum atomic E-state index is -0.444. The second-order valence-corrected chi connectivity index (χ2v) is 1.36. The van der Waals surface area contributed by atoms with Gasteiger partial charge in [-0.1, -0.05) is 11.8 Å². The summed E-state index contributed by atoms with van der Waals surface area (Å²) in [5, 5.41) is 2.61. The quantitative estimate of drug-likeness (QED) is 0.517. The zero-order valence-corrected chi connectivity index (χ0v) is 4.22. The van der Waals surface area contributed by atoms with Gasteiger partial charge in [-0.25, -0.2) is 0 Å². The van der Waals surface area contributed by atoms with Gasteiger partial charge in [-0.3, -0.25) is 0 Å². The van der Waals surface area contributed by atoms with Crippen molar-refractivity contribution in [2.45, 2.75) is 13.0 Å². The lowest BCUT2D eigenvalue weighted by atomic mass is 10.3. The molecule has 1 unspecified atom stereocenters. The summed E-state index contributed by atoms with van der Waals surface area (Å²) in [6, 6.07) is -0.444. The van der Waals surface area contributed by atoms with Gasteiger partial charge < -0.3 is 5.73 Å². The maximum Gasteiger partial charge on any atom is 0.128 e. The summed E-state index contributed by atoms with van der Waals surface area (Å²) in [7, 11) is 0. The van der Waals surface area contributed by atoms with Crippen LogP contribution in [0, 0.1) is 4.91 Å². The Morgan fingerprint density at radius 2 is 2.43 bits per heavy atom. The molecule has 0 aromatic heterocycles. The van der Waals surface area contributed by atoms with Gasteiger partial charge in [0.05, 0.1) is 0 Å². The molecule has 0 aliphatic carbocycles. The first-order chi connectivity index (χ1) is 3.18. The van der Waals surface area contributed by atoms with Crippen molar-refractivity contribution in [3.8, 4) is 0 Å². The van der Waals surface area contributed by atoms with Gasteiger partial charge in [-0.15, -0.1) is 0 Å². The second-order valence-electron chi connectivity index (χ2n) is 1.36. The summed E-state index contributed by atoms with van der Waals surface area (Å²) < 4.78 is 0. The lowest BCUT2D eigenvalue weighted by molar-refractivity contribution is 0.845. The Hall–Kier alpha value is -0.860. The molecule has 7 heavy (non-hydrogen) atoms. The molecule has 0 saturated carbocycles. The highest BCUT2D eigenvalue weighted by Crippen LogP contribution is 1.92. The van der Waals surface area contributed by atoms with Crippen molar-refractivity contribution in [3.63, 3.8) is 0 Å². The molecule has 3 nitrogen and oxygen atoms in total. The largest absolute Gasteiger partial charge is 0.401 e. The summed E-state index contributed by atoms with van der Waals surface area (Å²) in [5.41, 5.74) is 5.37. The highest BCUT2D eigenvalue weighted by atomic mass is 16.3. The lowest BCUT2D eigenvalue weighted by Gasteiger charge is -1.95. The van der Waals surface area contributed by atoms with Gasteiger partial charge in [0.2, 0.25) is 0 Å². The van der Waals surface area contributed by atoms with Crippen molar-refractivity contribution in [2.75, 3.05) is 0 Å². The highest BCUT2D eigenvalue weighted by Gasteiger charge is 1.97. The predicted octanol–water partition coefficient (Wildman–Crippen LogP) is 0.614. The Labute approximate surface area is 42.2 Å². The molecule has 1 atom stereocenters. The third-order valence-corrected chi connectivity index (χ3v) is 0.695. The summed E-state index contributed by atoms with van der Waals surface area (Å²) in [4.78, 5) is 9.56. The van der Waals surface area contributed by atoms with E-state index in [1.54, 1.807) is 6.92 Å². The zero-order chi connectivity index (χ0) is 5.86. The van der Waals surface area contributed by atoms with Crippen molar-refractivity contribution in [3.05, 3.63) is 17.2 Å². The molecule has 3 heteroatoms. The topological polar surface area (TPSA) is 55.4 Å². The molecule has 40 valence electrons. The van der Waals surface area contributed by atoms with Crippen molar-refractivity contribution in [1.29, 1.82) is 0 Å². The normalized spacial score (nSPS) is 12.7. The van der Waals surface area contributed by atoms with Crippen molar-refractivity contribution >= 4 is 0 Å². The molecule has 0 fully saturated rings. The molecule has 0 aliphatic heterocycles. The molecule has 0 heterocycles. The summed E-state index contributed by atoms with van der Waals surface area (Å²) in [5.74, 6) is 0. The Bertz CT molecular complexity index is 89.7. The number of hydrogen-bond acceptors (Lipinski definition) is 3. The monoisotopic (exact) mass is 100 g/mol. The number of rotatable bonds is 2. The Balaban J connectivity index is 3.55. The van der Waals surface area contributed by atoms with Crippen LogP contribution in [0.25, 0.3) is 0 Å². The minimum absolute atomic E-state index is 0.315. The van der Waals surface area contributed by atoms with Gasteiger partial charge in [0, 0.05) is 5.70 Å². The van der Waals surface area contributed by atoms with E-state index in [-0.39, 0.29) is 0 Å². The Kier molecular flexibility index (Phi) is 2.05. The van der Waals surface area contributed by atoms with E-state index in [1.165, 1.54) is 0 Å². The fraction of sp³-hybridized carbons (Fsp3) is 0.500. The Morgan fingerprint density at radius 3 is 2.43 bits per heavy atom. The molecule has 0 amide bonds. The van der Waals surface area contributed by atoms with Crippen molar-refractivity contribution in [1.82, 2.24) is 0 Å². The molecule has 0 radical (unpaired) electrons. The summed E-state index contributed by atoms with van der Waals surface area (Å²) in [6.07, 6.45) is 0. The first-order valence-corrected chi connectivity index (χ1v) is 1.95. The number of nitroso groups, excluding NO2 is 1. The Morgan fingerprint density at radius 1 is 2.00 bits per heavy atom. The van der Waals surface area contributed by atoms with Gasteiger partial charge in [0.15, 0.2) is 0 Å². The lowest BCUT2D eigenvalue weighted by Crippen LogP contribution is -2.08. The number of nitrogens with two attached hydrogens (primary N) is 1. The van der Waals surface area contributed by atoms with Crippen molar-refractivity contribution in [2.24, 2.45) is 10.9 Å². The molecule has 0 spiro atoms. The van der Waals surface area contributed by atoms with E-state index in [0.29, 0.717) is 5.70 Å². The molecule has 0 saturated heterocycles. The van der Waals surface area contributed by atoms with Crippen LogP contribution in [0.3, 0.4) is 0 Å². The summed E-state index contributed by atoms with van der Waals surface area (Å²) in [6.45, 7) is 4.90. The van der Waals surface area contributed by atoms with Crippen LogP contribution in [-0.4, -0.2) is 6.04 Å². The van der Waals surface area contributed by atoms with Gasteiger partial charge >= 0.3 is 0 Å². The minimum Gasteiger partial charge on any atom is -0.401 e. The van der Waals surface area contributed by atoms with Gasteiger partial charge in [-0.05, 0) is 6.92 Å². The van der Waals surface area contributed by atoms with E-state index in [1.807, 2.05) is 0 Å². The van der Waals surface area contributed by atoms with E-state index in [4.69, 9.17) is 5.73 Å². The first kappa shape index (κ1) is 6.14. The molecular weight excluding hydrogens is 92.1 g/mol. The maximum absolute atomic E-state index is 9.56. The third-order valence-electron chi connectivity index (χ3n) is 0.695. The smallest absolute Gasteiger partial charge is 0.128 e. The second kappa shape index (κ2) is 2.34. The van der Waals surface area contributed by atoms with Crippen LogP contribution in [0.4, 0.5) is 0 Å². The van der Waals surface area contributed by atoms with Crippen molar-refractivity contribution < 1.29 is 0 Å². The zero-order valence-electron chi connectivity index (χ0n) is 4.22. The fourth-order valence-electron chi connectivity index (χ4n) is 0.0677. The van der Waals surface area contributed by atoms with Gasteiger partial charge in [-0.2, -0.15) is 4.91 Å². The molecule has 2 N–H and O–H groups in total. The van der Waals surface area contributed by atoms with Crippen LogP contribution < -0.4 is 5.73 Å². The maximum atomic E-state index is 9.56. The van der Waals surface area contributed by atoms with E-state index < -0.39 is 6.04 Å². The average Bonchev–Trinajstić information content (AvgIpc) is 1.65. The van der Waals surface area contributed by atoms with Crippen LogP contribution in [0.15, 0.2) is 17.5 Å². The standard InChI is InChI=1S/C4H8N2O/c1-3(5)4(2)6-7/h4H,1,5H2,2H3. The predicted molar refractivity (Wildman–Crippen MR) is 28.6 cm³/mol. The average molecular weight is 100 g/mol. The van der Waals surface area contributed by atoms with E-state index in [2.05, 4.69) is 11.8 Å². The molecule has 0 rings (SSSR count). The molecule has 0 aliphatic rings. The summed E-state index contributed by atoms with van der Waals surface area (Å²) >= 11 is 0. The highest BCUT2D eigenvalue weighted by molar-refractivity contribution is 4.96. The molecule has 0 aromatic carbocycles. The molecule has 0 aromatic rings. The van der Waals surface area contributed by atoms with Crippen LogP contribution in [-0.2, 0) is 0 Å². The SMILES string of the molecule is C=C(N)C(C)N=O. The molecule has 0 bridgehead atoms.